The lowest BCUT2D eigenvalue weighted by Gasteiger charge is -2.25. The molecule has 6 nitrogen and oxygen atoms in total. The molecule has 4 rings (SSSR count). The second-order valence-corrected chi connectivity index (χ2v) is 7.49. The van der Waals surface area contributed by atoms with Crippen LogP contribution in [-0.4, -0.2) is 39.0 Å². The van der Waals surface area contributed by atoms with Crippen molar-refractivity contribution in [1.29, 1.82) is 0 Å². The first-order valence-electron chi connectivity index (χ1n) is 8.52. The largest absolute Gasteiger partial charge is 0.335 e. The fraction of sp³-hybridized carbons (Fsp3) is 0.150. The summed E-state index contributed by atoms with van der Waals surface area (Å²) in [6, 6.07) is 12.0. The van der Waals surface area contributed by atoms with Gasteiger partial charge in [-0.25, -0.2) is 14.5 Å². The molecule has 0 aliphatic rings. The Labute approximate surface area is 161 Å². The summed E-state index contributed by atoms with van der Waals surface area (Å²) >= 11 is 1.61. The van der Waals surface area contributed by atoms with E-state index in [1.54, 1.807) is 30.1 Å². The molecule has 1 aromatic carbocycles. The summed E-state index contributed by atoms with van der Waals surface area (Å²) < 4.78 is 0.331. The number of quaternary nitrogens is 1. The van der Waals surface area contributed by atoms with E-state index in [9.17, 15) is 0 Å². The Kier molecular flexibility index (Phi) is 4.47. The number of aryl methyl sites for hydroxylation is 1. The van der Waals surface area contributed by atoms with Crippen molar-refractivity contribution in [3.05, 3.63) is 66.1 Å². The van der Waals surface area contributed by atoms with Crippen LogP contribution in [0.25, 0.3) is 22.0 Å². The van der Waals surface area contributed by atoms with Crippen LogP contribution in [0.5, 0.6) is 0 Å². The number of hydrogen-bond donors (Lipinski definition) is 0. The molecule has 0 saturated carbocycles. The predicted molar refractivity (Wildman–Crippen MR) is 109 cm³/mol. The molecule has 0 N–H and O–H groups in total. The van der Waals surface area contributed by atoms with Gasteiger partial charge in [0.05, 0.1) is 19.8 Å². The number of thiazole rings is 1. The Hall–Kier alpha value is -3.03. The summed E-state index contributed by atoms with van der Waals surface area (Å²) in [7, 11) is 4.04. The molecule has 0 unspecified atom stereocenters. The van der Waals surface area contributed by atoms with Gasteiger partial charge in [0.25, 0.3) is 0 Å². The smallest absolute Gasteiger partial charge is 0.244 e. The van der Waals surface area contributed by atoms with E-state index in [2.05, 4.69) is 27.1 Å². The topological polar surface area (TPSA) is 64.5 Å². The van der Waals surface area contributed by atoms with Crippen LogP contribution in [0.2, 0.25) is 0 Å². The van der Waals surface area contributed by atoms with Crippen LogP contribution in [0.3, 0.4) is 0 Å². The zero-order valence-corrected chi connectivity index (χ0v) is 16.2. The van der Waals surface area contributed by atoms with Crippen LogP contribution in [-0.2, 0) is 0 Å². The summed E-state index contributed by atoms with van der Waals surface area (Å²) in [5.41, 5.74) is 3.76. The lowest BCUT2D eigenvalue weighted by Crippen LogP contribution is -2.37. The van der Waals surface area contributed by atoms with Crippen molar-refractivity contribution in [1.82, 2.24) is 29.4 Å². The van der Waals surface area contributed by atoms with Crippen LogP contribution < -0.4 is 4.48 Å². The highest BCUT2D eigenvalue weighted by Gasteiger charge is 2.30. The van der Waals surface area contributed by atoms with Crippen LogP contribution in [0.15, 0.2) is 60.5 Å². The molecule has 27 heavy (non-hydrogen) atoms. The molecular formula is C20H19N6S+. The number of hydrogen-bond acceptors (Lipinski definition) is 6. The van der Waals surface area contributed by atoms with E-state index in [0.29, 0.717) is 10.4 Å². The molecule has 3 aromatic heterocycles. The molecule has 4 aromatic rings. The second-order valence-electron chi connectivity index (χ2n) is 6.63. The van der Waals surface area contributed by atoms with E-state index in [1.165, 1.54) is 0 Å². The van der Waals surface area contributed by atoms with Crippen molar-refractivity contribution in [3.63, 3.8) is 0 Å². The van der Waals surface area contributed by atoms with Crippen LogP contribution in [0.4, 0.5) is 11.8 Å². The molecular weight excluding hydrogens is 356 g/mol. The second kappa shape index (κ2) is 6.94. The maximum Gasteiger partial charge on any atom is 0.335 e. The van der Waals surface area contributed by atoms with Gasteiger partial charge in [0.15, 0.2) is 0 Å². The van der Waals surface area contributed by atoms with E-state index >= 15 is 0 Å². The lowest BCUT2D eigenvalue weighted by molar-refractivity contribution is 0.505. The van der Waals surface area contributed by atoms with Crippen molar-refractivity contribution < 1.29 is 0 Å². The van der Waals surface area contributed by atoms with E-state index in [0.717, 1.165) is 33.3 Å². The molecule has 0 aliphatic carbocycles. The summed E-state index contributed by atoms with van der Waals surface area (Å²) in [6.07, 6.45) is 5.13. The number of rotatable bonds is 4. The summed E-state index contributed by atoms with van der Waals surface area (Å²) in [4.78, 5) is 22.6. The Balaban J connectivity index is 1.71. The first kappa shape index (κ1) is 17.4. The van der Waals surface area contributed by atoms with Gasteiger partial charge in [-0.15, -0.1) is 11.3 Å². The normalized spacial score (nSPS) is 11.5. The van der Waals surface area contributed by atoms with Gasteiger partial charge < -0.3 is 0 Å². The van der Waals surface area contributed by atoms with Gasteiger partial charge in [0, 0.05) is 28.9 Å². The first-order valence-corrected chi connectivity index (χ1v) is 9.40. The third-order valence-electron chi connectivity index (χ3n) is 4.33. The Bertz CT molecular complexity index is 1070. The highest BCUT2D eigenvalue weighted by Crippen LogP contribution is 2.31. The molecule has 0 atom stereocenters. The highest BCUT2D eigenvalue weighted by atomic mass is 32.1. The van der Waals surface area contributed by atoms with Gasteiger partial charge in [-0.1, -0.05) is 30.3 Å². The number of nitrogens with zero attached hydrogens (tertiary/aromatic N) is 6. The van der Waals surface area contributed by atoms with Crippen molar-refractivity contribution in [3.8, 4) is 22.0 Å². The lowest BCUT2D eigenvalue weighted by atomic mass is 10.2. The highest BCUT2D eigenvalue weighted by molar-refractivity contribution is 7.13. The Morgan fingerprint density at radius 1 is 0.926 bits per heavy atom. The standard InChI is InChI=1S/C20H19N6S/c1-14-11-21-13-23-18(14)26(2,3)20-22-10-9-16(25-20)17-12-27-19(24-17)15-7-5-4-6-8-15/h4-13H,1-3H3/q+1. The summed E-state index contributed by atoms with van der Waals surface area (Å²) in [5.74, 6) is 1.52. The molecule has 134 valence electrons. The third-order valence-corrected chi connectivity index (χ3v) is 5.22. The van der Waals surface area contributed by atoms with Gasteiger partial charge in [-0.3, -0.25) is 0 Å². The van der Waals surface area contributed by atoms with Crippen molar-refractivity contribution in [2.24, 2.45) is 0 Å². The fourth-order valence-electron chi connectivity index (χ4n) is 2.94. The van der Waals surface area contributed by atoms with Crippen LogP contribution in [0.1, 0.15) is 5.56 Å². The first-order chi connectivity index (χ1) is 13.1. The van der Waals surface area contributed by atoms with Crippen LogP contribution >= 0.6 is 11.3 Å². The van der Waals surface area contributed by atoms with Gasteiger partial charge in [0.1, 0.15) is 17.0 Å². The monoisotopic (exact) mass is 375 g/mol. The van der Waals surface area contributed by atoms with E-state index in [1.807, 2.05) is 50.7 Å². The van der Waals surface area contributed by atoms with Gasteiger partial charge >= 0.3 is 5.95 Å². The van der Waals surface area contributed by atoms with Crippen molar-refractivity contribution in [2.45, 2.75) is 6.92 Å². The quantitative estimate of drug-likeness (QED) is 0.499. The fourth-order valence-corrected chi connectivity index (χ4v) is 3.76. The summed E-state index contributed by atoms with van der Waals surface area (Å²) in [6.45, 7) is 1.99. The van der Waals surface area contributed by atoms with E-state index in [4.69, 9.17) is 9.97 Å². The molecule has 0 spiro atoms. The molecule has 0 radical (unpaired) electrons. The molecule has 0 saturated heterocycles. The predicted octanol–water partition coefficient (Wildman–Crippen LogP) is 4.26. The van der Waals surface area contributed by atoms with Crippen molar-refractivity contribution >= 4 is 23.1 Å². The molecule has 7 heteroatoms. The average molecular weight is 375 g/mol. The third kappa shape index (κ3) is 3.34. The molecule has 0 amide bonds. The van der Waals surface area contributed by atoms with Crippen molar-refractivity contribution in [2.75, 3.05) is 14.1 Å². The molecule has 0 fully saturated rings. The maximum absolute atomic E-state index is 4.78. The van der Waals surface area contributed by atoms with E-state index < -0.39 is 0 Å². The molecule has 3 heterocycles. The zero-order valence-electron chi connectivity index (χ0n) is 15.4. The number of aromatic nitrogens is 5. The minimum atomic E-state index is 0.331. The van der Waals surface area contributed by atoms with Gasteiger partial charge in [-0.05, 0) is 13.0 Å². The maximum atomic E-state index is 4.78. The van der Waals surface area contributed by atoms with Gasteiger partial charge in [0.2, 0.25) is 5.82 Å². The van der Waals surface area contributed by atoms with Crippen LogP contribution in [0, 0.1) is 6.92 Å². The SMILES string of the molecule is Cc1cncnc1[N+](C)(C)c1nccc(-c2csc(-c3ccccc3)n2)n1. The molecule has 0 bridgehead atoms. The minimum Gasteiger partial charge on any atom is -0.244 e. The van der Waals surface area contributed by atoms with E-state index in [-0.39, 0.29) is 0 Å². The molecule has 0 aliphatic heterocycles. The summed E-state index contributed by atoms with van der Waals surface area (Å²) in [5, 5.41) is 3.01. The Morgan fingerprint density at radius 3 is 2.52 bits per heavy atom. The van der Waals surface area contributed by atoms with Gasteiger partial charge in [-0.2, -0.15) is 15.0 Å². The zero-order chi connectivity index (χ0) is 18.9. The minimum absolute atomic E-state index is 0.331. The average Bonchev–Trinajstić information content (AvgIpc) is 3.19. The Morgan fingerprint density at radius 2 is 1.74 bits per heavy atom. The number of benzene rings is 1.